The zero-order valence-corrected chi connectivity index (χ0v) is 11.9. The molecule has 0 amide bonds. The largest absolute Gasteiger partial charge is 0.386 e. The zero-order chi connectivity index (χ0) is 13.0. The molecule has 1 aliphatic rings. The molecule has 0 aliphatic heterocycles. The van der Waals surface area contributed by atoms with Gasteiger partial charge in [-0.05, 0) is 17.8 Å². The molecule has 0 saturated heterocycles. The first-order valence-corrected chi connectivity index (χ1v) is 6.52. The van der Waals surface area contributed by atoms with Crippen LogP contribution in [0.1, 0.15) is 46.4 Å². The van der Waals surface area contributed by atoms with Gasteiger partial charge in [-0.2, -0.15) is 5.10 Å². The standard InChI is InChI=1S/C13H21ClN2O/c1-6-16-9(8(14)7-15-16)10(17)11-12(2,3)13(11,4)5/h7,10-11,17H,6H2,1-5H3. The Morgan fingerprint density at radius 2 is 1.94 bits per heavy atom. The van der Waals surface area contributed by atoms with Crippen molar-refractivity contribution in [1.29, 1.82) is 0 Å². The third kappa shape index (κ3) is 1.63. The summed E-state index contributed by atoms with van der Waals surface area (Å²) in [6.45, 7) is 11.5. The van der Waals surface area contributed by atoms with Crippen LogP contribution in [-0.4, -0.2) is 14.9 Å². The summed E-state index contributed by atoms with van der Waals surface area (Å²) >= 11 is 6.13. The first-order valence-electron chi connectivity index (χ1n) is 6.14. The molecule has 1 fully saturated rings. The van der Waals surface area contributed by atoms with Crippen LogP contribution in [-0.2, 0) is 6.54 Å². The summed E-state index contributed by atoms with van der Waals surface area (Å²) in [6.07, 6.45) is 1.08. The van der Waals surface area contributed by atoms with Gasteiger partial charge >= 0.3 is 0 Å². The Morgan fingerprint density at radius 1 is 1.41 bits per heavy atom. The second kappa shape index (κ2) is 3.72. The van der Waals surface area contributed by atoms with Gasteiger partial charge < -0.3 is 5.11 Å². The second-order valence-electron chi connectivity index (χ2n) is 6.06. The molecule has 3 nitrogen and oxygen atoms in total. The molecular formula is C13H21ClN2O. The Labute approximate surface area is 108 Å². The third-order valence-electron chi connectivity index (χ3n) is 4.86. The van der Waals surface area contributed by atoms with Crippen LogP contribution in [0.5, 0.6) is 0 Å². The lowest BCUT2D eigenvalue weighted by Gasteiger charge is -2.15. The number of halogens is 1. The molecule has 0 aromatic carbocycles. The predicted molar refractivity (Wildman–Crippen MR) is 68.9 cm³/mol. The fraction of sp³-hybridized carbons (Fsp3) is 0.769. The Kier molecular flexibility index (Phi) is 2.83. The highest BCUT2D eigenvalue weighted by atomic mass is 35.5. The van der Waals surface area contributed by atoms with Crippen LogP contribution in [0.15, 0.2) is 6.20 Å². The number of aromatic nitrogens is 2. The van der Waals surface area contributed by atoms with Gasteiger partial charge in [0.1, 0.15) is 6.10 Å². The molecule has 1 saturated carbocycles. The molecule has 1 unspecified atom stereocenters. The molecule has 2 rings (SSSR count). The smallest absolute Gasteiger partial charge is 0.101 e. The molecule has 0 radical (unpaired) electrons. The molecule has 1 aliphatic carbocycles. The van der Waals surface area contributed by atoms with Gasteiger partial charge in [0.15, 0.2) is 0 Å². The maximum absolute atomic E-state index is 10.6. The lowest BCUT2D eigenvalue weighted by atomic mass is 10.0. The molecular weight excluding hydrogens is 236 g/mol. The van der Waals surface area contributed by atoms with E-state index in [-0.39, 0.29) is 16.7 Å². The minimum atomic E-state index is -0.532. The van der Waals surface area contributed by atoms with Crippen LogP contribution in [0.4, 0.5) is 0 Å². The van der Waals surface area contributed by atoms with Crippen molar-refractivity contribution in [1.82, 2.24) is 9.78 Å². The number of hydrogen-bond acceptors (Lipinski definition) is 2. The van der Waals surface area contributed by atoms with Crippen molar-refractivity contribution in [2.75, 3.05) is 0 Å². The molecule has 1 aromatic heterocycles. The summed E-state index contributed by atoms with van der Waals surface area (Å²) < 4.78 is 1.79. The first kappa shape index (κ1) is 12.9. The molecule has 1 atom stereocenters. The predicted octanol–water partition coefficient (Wildman–Crippen LogP) is 3.27. The lowest BCUT2D eigenvalue weighted by Crippen LogP contribution is -2.13. The Bertz CT molecular complexity index is 423. The summed E-state index contributed by atoms with van der Waals surface area (Å²) in [5.41, 5.74) is 1.04. The fourth-order valence-corrected chi connectivity index (χ4v) is 3.37. The maximum atomic E-state index is 10.6. The van der Waals surface area contributed by atoms with Crippen LogP contribution in [0.25, 0.3) is 0 Å². The van der Waals surface area contributed by atoms with Gasteiger partial charge in [0.05, 0.1) is 16.9 Å². The normalized spacial score (nSPS) is 23.7. The highest BCUT2D eigenvalue weighted by molar-refractivity contribution is 6.31. The van der Waals surface area contributed by atoms with E-state index in [0.717, 1.165) is 12.2 Å². The van der Waals surface area contributed by atoms with E-state index in [1.807, 2.05) is 6.92 Å². The van der Waals surface area contributed by atoms with E-state index in [1.54, 1.807) is 10.9 Å². The van der Waals surface area contributed by atoms with E-state index in [0.29, 0.717) is 5.02 Å². The number of aliphatic hydroxyl groups excluding tert-OH is 1. The van der Waals surface area contributed by atoms with Gasteiger partial charge in [0.2, 0.25) is 0 Å². The summed E-state index contributed by atoms with van der Waals surface area (Å²) in [6, 6.07) is 0. The molecule has 96 valence electrons. The average molecular weight is 257 g/mol. The topological polar surface area (TPSA) is 38.0 Å². The Hall–Kier alpha value is -0.540. The molecule has 0 spiro atoms. The van der Waals surface area contributed by atoms with E-state index >= 15 is 0 Å². The Morgan fingerprint density at radius 3 is 2.35 bits per heavy atom. The van der Waals surface area contributed by atoms with Crippen molar-refractivity contribution < 1.29 is 5.11 Å². The van der Waals surface area contributed by atoms with Gasteiger partial charge in [-0.1, -0.05) is 39.3 Å². The quantitative estimate of drug-likeness (QED) is 0.901. The first-order chi connectivity index (χ1) is 7.75. The molecule has 17 heavy (non-hydrogen) atoms. The van der Waals surface area contributed by atoms with Crippen molar-refractivity contribution in [3.63, 3.8) is 0 Å². The summed E-state index contributed by atoms with van der Waals surface area (Å²) in [7, 11) is 0. The van der Waals surface area contributed by atoms with Crippen LogP contribution in [0, 0.1) is 16.7 Å². The van der Waals surface area contributed by atoms with Gasteiger partial charge in [-0.3, -0.25) is 4.68 Å². The van der Waals surface area contributed by atoms with E-state index in [4.69, 9.17) is 11.6 Å². The van der Waals surface area contributed by atoms with Crippen molar-refractivity contribution in [2.45, 2.75) is 47.3 Å². The number of aliphatic hydroxyl groups is 1. The van der Waals surface area contributed by atoms with Crippen molar-refractivity contribution in [2.24, 2.45) is 16.7 Å². The molecule has 4 heteroatoms. The van der Waals surface area contributed by atoms with Crippen LogP contribution in [0.2, 0.25) is 5.02 Å². The van der Waals surface area contributed by atoms with Crippen molar-refractivity contribution >= 4 is 11.6 Å². The van der Waals surface area contributed by atoms with E-state index < -0.39 is 6.10 Å². The molecule has 1 aromatic rings. The second-order valence-corrected chi connectivity index (χ2v) is 6.47. The van der Waals surface area contributed by atoms with Gasteiger partial charge in [0.25, 0.3) is 0 Å². The van der Waals surface area contributed by atoms with E-state index in [1.165, 1.54) is 0 Å². The van der Waals surface area contributed by atoms with Crippen molar-refractivity contribution in [3.05, 3.63) is 16.9 Å². The summed E-state index contributed by atoms with van der Waals surface area (Å²) in [4.78, 5) is 0. The summed E-state index contributed by atoms with van der Waals surface area (Å²) in [5.74, 6) is 0.231. The monoisotopic (exact) mass is 256 g/mol. The van der Waals surface area contributed by atoms with Gasteiger partial charge in [0, 0.05) is 12.5 Å². The van der Waals surface area contributed by atoms with E-state index in [2.05, 4.69) is 32.8 Å². The number of rotatable bonds is 3. The number of nitrogens with zero attached hydrogens (tertiary/aromatic N) is 2. The third-order valence-corrected chi connectivity index (χ3v) is 5.15. The molecule has 0 bridgehead atoms. The van der Waals surface area contributed by atoms with Crippen molar-refractivity contribution in [3.8, 4) is 0 Å². The average Bonchev–Trinajstić information content (AvgIpc) is 2.55. The Balaban J connectivity index is 2.34. The highest BCUT2D eigenvalue weighted by Gasteiger charge is 2.67. The van der Waals surface area contributed by atoms with Crippen LogP contribution in [0.3, 0.4) is 0 Å². The SMILES string of the molecule is CCn1ncc(Cl)c1C(O)C1C(C)(C)C1(C)C. The van der Waals surface area contributed by atoms with Gasteiger partial charge in [-0.15, -0.1) is 0 Å². The highest BCUT2D eigenvalue weighted by Crippen LogP contribution is 2.72. The lowest BCUT2D eigenvalue weighted by molar-refractivity contribution is 0.121. The van der Waals surface area contributed by atoms with Crippen LogP contribution >= 0.6 is 11.6 Å². The maximum Gasteiger partial charge on any atom is 0.101 e. The van der Waals surface area contributed by atoms with E-state index in [9.17, 15) is 5.11 Å². The van der Waals surface area contributed by atoms with Crippen LogP contribution < -0.4 is 0 Å². The van der Waals surface area contributed by atoms with Gasteiger partial charge in [-0.25, -0.2) is 0 Å². The number of aryl methyl sites for hydroxylation is 1. The minimum absolute atomic E-state index is 0.137. The minimum Gasteiger partial charge on any atom is -0.386 e. The fourth-order valence-electron chi connectivity index (χ4n) is 3.11. The summed E-state index contributed by atoms with van der Waals surface area (Å²) in [5, 5.41) is 15.3. The molecule has 1 heterocycles. The number of hydrogen-bond donors (Lipinski definition) is 1. The molecule has 1 N–H and O–H groups in total. The zero-order valence-electron chi connectivity index (χ0n) is 11.2.